The number of rotatable bonds is 6. The normalized spacial score (nSPS) is 18.5. The van der Waals surface area contributed by atoms with Gasteiger partial charge in [-0.05, 0) is 48.1 Å². The maximum Gasteiger partial charge on any atom is 0.125 e. The Morgan fingerprint density at radius 1 is 1.17 bits per heavy atom. The van der Waals surface area contributed by atoms with Gasteiger partial charge in [0.25, 0.3) is 0 Å². The molecule has 0 saturated carbocycles. The number of nitrogens with one attached hydrogen (secondary N) is 1. The SMILES string of the molecule is CC(C)c1ccc(CN2CCC(CNc3ccccn3)C2)cc1. The van der Waals surface area contributed by atoms with Crippen LogP contribution >= 0.6 is 0 Å². The average Bonchev–Trinajstić information content (AvgIpc) is 3.02. The Morgan fingerprint density at radius 2 is 2.00 bits per heavy atom. The van der Waals surface area contributed by atoms with Gasteiger partial charge in [0.1, 0.15) is 5.82 Å². The molecule has 122 valence electrons. The van der Waals surface area contributed by atoms with Gasteiger partial charge < -0.3 is 5.32 Å². The maximum atomic E-state index is 4.32. The predicted octanol–water partition coefficient (Wildman–Crippen LogP) is 4.14. The molecule has 1 atom stereocenters. The summed E-state index contributed by atoms with van der Waals surface area (Å²) in [7, 11) is 0. The molecule has 1 unspecified atom stereocenters. The zero-order valence-corrected chi connectivity index (χ0v) is 14.2. The molecule has 0 amide bonds. The smallest absolute Gasteiger partial charge is 0.125 e. The lowest BCUT2D eigenvalue weighted by atomic mass is 10.0. The lowest BCUT2D eigenvalue weighted by Crippen LogP contribution is -2.22. The summed E-state index contributed by atoms with van der Waals surface area (Å²) in [6, 6.07) is 15.1. The molecule has 3 rings (SSSR count). The molecule has 1 aliphatic heterocycles. The fraction of sp³-hybridized carbons (Fsp3) is 0.450. The van der Waals surface area contributed by atoms with Gasteiger partial charge in [0.05, 0.1) is 0 Å². The van der Waals surface area contributed by atoms with E-state index in [0.29, 0.717) is 11.8 Å². The number of anilines is 1. The summed E-state index contributed by atoms with van der Waals surface area (Å²) in [5.41, 5.74) is 2.85. The second-order valence-corrected chi connectivity index (χ2v) is 6.88. The van der Waals surface area contributed by atoms with Crippen molar-refractivity contribution >= 4 is 5.82 Å². The molecule has 0 spiro atoms. The summed E-state index contributed by atoms with van der Waals surface area (Å²) in [5, 5.41) is 3.45. The van der Waals surface area contributed by atoms with Crippen LogP contribution in [0.2, 0.25) is 0 Å². The summed E-state index contributed by atoms with van der Waals surface area (Å²) in [6.45, 7) is 8.94. The zero-order chi connectivity index (χ0) is 16.1. The number of likely N-dealkylation sites (tertiary alicyclic amines) is 1. The average molecular weight is 309 g/mol. The van der Waals surface area contributed by atoms with Crippen LogP contribution in [0.4, 0.5) is 5.82 Å². The Kier molecular flexibility index (Phi) is 5.29. The zero-order valence-electron chi connectivity index (χ0n) is 14.2. The van der Waals surface area contributed by atoms with Gasteiger partial charge in [-0.1, -0.05) is 44.2 Å². The lowest BCUT2D eigenvalue weighted by molar-refractivity contribution is 0.319. The molecule has 3 nitrogen and oxygen atoms in total. The van der Waals surface area contributed by atoms with Crippen LogP contribution in [0.1, 0.15) is 37.3 Å². The molecule has 0 aliphatic carbocycles. The molecular formula is C20H27N3. The summed E-state index contributed by atoms with van der Waals surface area (Å²) < 4.78 is 0. The van der Waals surface area contributed by atoms with E-state index in [1.807, 2.05) is 24.4 Å². The second kappa shape index (κ2) is 7.60. The van der Waals surface area contributed by atoms with Crippen molar-refractivity contribution in [2.24, 2.45) is 5.92 Å². The van der Waals surface area contributed by atoms with Gasteiger partial charge in [0.2, 0.25) is 0 Å². The van der Waals surface area contributed by atoms with E-state index in [0.717, 1.165) is 18.9 Å². The van der Waals surface area contributed by atoms with Crippen molar-refractivity contribution in [2.45, 2.75) is 32.7 Å². The van der Waals surface area contributed by atoms with E-state index in [9.17, 15) is 0 Å². The van der Waals surface area contributed by atoms with Crippen molar-refractivity contribution < 1.29 is 0 Å². The Labute approximate surface area is 139 Å². The molecule has 23 heavy (non-hydrogen) atoms. The first kappa shape index (κ1) is 16.0. The molecule has 1 saturated heterocycles. The Hall–Kier alpha value is -1.87. The van der Waals surface area contributed by atoms with Gasteiger partial charge in [-0.2, -0.15) is 0 Å². The van der Waals surface area contributed by atoms with E-state index in [1.165, 1.54) is 30.6 Å². The van der Waals surface area contributed by atoms with Crippen LogP contribution in [0.25, 0.3) is 0 Å². The number of aromatic nitrogens is 1. The van der Waals surface area contributed by atoms with Crippen molar-refractivity contribution in [3.8, 4) is 0 Å². The predicted molar refractivity (Wildman–Crippen MR) is 96.6 cm³/mol. The molecular weight excluding hydrogens is 282 g/mol. The van der Waals surface area contributed by atoms with Crippen LogP contribution in [-0.2, 0) is 6.54 Å². The molecule has 1 fully saturated rings. The topological polar surface area (TPSA) is 28.2 Å². The van der Waals surface area contributed by atoms with E-state index in [4.69, 9.17) is 0 Å². The van der Waals surface area contributed by atoms with E-state index in [-0.39, 0.29) is 0 Å². The van der Waals surface area contributed by atoms with Crippen molar-refractivity contribution in [1.29, 1.82) is 0 Å². The third kappa shape index (κ3) is 4.55. The fourth-order valence-corrected chi connectivity index (χ4v) is 3.21. The summed E-state index contributed by atoms with van der Waals surface area (Å²) in [5.74, 6) is 2.31. The first-order valence-corrected chi connectivity index (χ1v) is 8.67. The van der Waals surface area contributed by atoms with Crippen molar-refractivity contribution in [3.63, 3.8) is 0 Å². The highest BCUT2D eigenvalue weighted by atomic mass is 15.1. The quantitative estimate of drug-likeness (QED) is 0.869. The largest absolute Gasteiger partial charge is 0.370 e. The minimum Gasteiger partial charge on any atom is -0.370 e. The number of hydrogen-bond donors (Lipinski definition) is 1. The van der Waals surface area contributed by atoms with E-state index in [1.54, 1.807) is 0 Å². The van der Waals surface area contributed by atoms with Crippen LogP contribution < -0.4 is 5.32 Å². The Morgan fingerprint density at radius 3 is 2.70 bits per heavy atom. The summed E-state index contributed by atoms with van der Waals surface area (Å²) >= 11 is 0. The summed E-state index contributed by atoms with van der Waals surface area (Å²) in [4.78, 5) is 6.89. The molecule has 1 N–H and O–H groups in total. The van der Waals surface area contributed by atoms with Crippen LogP contribution in [0, 0.1) is 5.92 Å². The van der Waals surface area contributed by atoms with Gasteiger partial charge in [0.15, 0.2) is 0 Å². The highest BCUT2D eigenvalue weighted by Gasteiger charge is 2.22. The Balaban J connectivity index is 1.46. The van der Waals surface area contributed by atoms with E-state index in [2.05, 4.69) is 53.3 Å². The Bertz CT molecular complexity index is 592. The van der Waals surface area contributed by atoms with Gasteiger partial charge in [-0.25, -0.2) is 4.98 Å². The van der Waals surface area contributed by atoms with Crippen LogP contribution in [0.5, 0.6) is 0 Å². The van der Waals surface area contributed by atoms with Gasteiger partial charge >= 0.3 is 0 Å². The minimum atomic E-state index is 0.609. The fourth-order valence-electron chi connectivity index (χ4n) is 3.21. The molecule has 2 heterocycles. The van der Waals surface area contributed by atoms with Crippen molar-refractivity contribution in [3.05, 3.63) is 59.8 Å². The first-order chi connectivity index (χ1) is 11.2. The van der Waals surface area contributed by atoms with Gasteiger partial charge in [-0.15, -0.1) is 0 Å². The third-order valence-electron chi connectivity index (χ3n) is 4.66. The molecule has 3 heteroatoms. The highest BCUT2D eigenvalue weighted by Crippen LogP contribution is 2.20. The number of hydrogen-bond acceptors (Lipinski definition) is 3. The molecule has 0 bridgehead atoms. The molecule has 1 aromatic carbocycles. The monoisotopic (exact) mass is 309 g/mol. The van der Waals surface area contributed by atoms with Crippen molar-refractivity contribution in [1.82, 2.24) is 9.88 Å². The molecule has 0 radical (unpaired) electrons. The van der Waals surface area contributed by atoms with Crippen LogP contribution in [0.3, 0.4) is 0 Å². The number of benzene rings is 1. The molecule has 2 aromatic rings. The van der Waals surface area contributed by atoms with Gasteiger partial charge in [-0.3, -0.25) is 4.90 Å². The number of pyridine rings is 1. The molecule has 1 aliphatic rings. The van der Waals surface area contributed by atoms with Crippen LogP contribution in [-0.4, -0.2) is 29.5 Å². The highest BCUT2D eigenvalue weighted by molar-refractivity contribution is 5.33. The molecule has 1 aromatic heterocycles. The number of nitrogens with zero attached hydrogens (tertiary/aromatic N) is 2. The van der Waals surface area contributed by atoms with E-state index < -0.39 is 0 Å². The maximum absolute atomic E-state index is 4.32. The second-order valence-electron chi connectivity index (χ2n) is 6.88. The lowest BCUT2D eigenvalue weighted by Gasteiger charge is -2.17. The van der Waals surface area contributed by atoms with Gasteiger partial charge in [0, 0.05) is 25.8 Å². The standard InChI is InChI=1S/C20H27N3/c1-16(2)19-8-6-17(7-9-19)14-23-12-10-18(15-23)13-22-20-5-3-4-11-21-20/h3-9,11,16,18H,10,12-15H2,1-2H3,(H,21,22). The minimum absolute atomic E-state index is 0.609. The van der Waals surface area contributed by atoms with E-state index >= 15 is 0 Å². The van der Waals surface area contributed by atoms with Crippen LogP contribution in [0.15, 0.2) is 48.7 Å². The van der Waals surface area contributed by atoms with Crippen molar-refractivity contribution in [2.75, 3.05) is 25.0 Å². The first-order valence-electron chi connectivity index (χ1n) is 8.67. The summed E-state index contributed by atoms with van der Waals surface area (Å²) in [6.07, 6.45) is 3.11. The third-order valence-corrected chi connectivity index (χ3v) is 4.66.